The van der Waals surface area contributed by atoms with Gasteiger partial charge < -0.3 is 10.1 Å². The molecule has 3 nitrogen and oxygen atoms in total. The first-order chi connectivity index (χ1) is 9.62. The number of benzene rings is 1. The minimum absolute atomic E-state index is 0.464. The number of nitrogens with zero attached hydrogens (tertiary/aromatic N) is 1. The summed E-state index contributed by atoms with van der Waals surface area (Å²) in [4.78, 5) is 4.46. The topological polar surface area (TPSA) is 34.1 Å². The van der Waals surface area contributed by atoms with Gasteiger partial charge in [0.1, 0.15) is 5.75 Å². The van der Waals surface area contributed by atoms with Crippen molar-refractivity contribution in [1.29, 1.82) is 0 Å². The molecule has 0 aliphatic rings. The lowest BCUT2D eigenvalue weighted by molar-refractivity contribution is 0.460. The van der Waals surface area contributed by atoms with Crippen LogP contribution in [0, 0.1) is 0 Å². The average Bonchev–Trinajstić information content (AvgIpc) is 2.43. The van der Waals surface area contributed by atoms with Crippen molar-refractivity contribution in [2.45, 2.75) is 19.9 Å². The van der Waals surface area contributed by atoms with Gasteiger partial charge in [-0.2, -0.15) is 0 Å². The molecule has 1 aromatic carbocycles. The molecule has 1 N–H and O–H groups in total. The Morgan fingerprint density at radius 2 is 1.95 bits per heavy atom. The maximum absolute atomic E-state index is 5.98. The zero-order valence-electron chi connectivity index (χ0n) is 11.4. The van der Waals surface area contributed by atoms with Crippen molar-refractivity contribution in [1.82, 2.24) is 10.3 Å². The molecule has 0 aliphatic carbocycles. The third kappa shape index (κ3) is 3.85. The molecule has 2 aromatic rings. The maximum Gasteiger partial charge on any atom is 0.219 e. The lowest BCUT2D eigenvalue weighted by Crippen LogP contribution is -2.06. The predicted octanol–water partition coefficient (Wildman–Crippen LogP) is 4.46. The van der Waals surface area contributed by atoms with Crippen molar-refractivity contribution >= 4 is 23.2 Å². The zero-order chi connectivity index (χ0) is 14.5. The van der Waals surface area contributed by atoms with Gasteiger partial charge >= 0.3 is 0 Å². The minimum Gasteiger partial charge on any atom is -0.439 e. The Kier molecular flexibility index (Phi) is 5.24. The van der Waals surface area contributed by atoms with E-state index in [4.69, 9.17) is 27.9 Å². The standard InChI is InChI=1S/C15H16Cl2N2O/c1-3-11-6-10(9-18-2)7-15(19-11)20-12-4-5-13(16)14(17)8-12/h4-8,18H,3,9H2,1-2H3. The van der Waals surface area contributed by atoms with Crippen molar-refractivity contribution in [3.63, 3.8) is 0 Å². The molecule has 0 amide bonds. The van der Waals surface area contributed by atoms with Crippen LogP contribution < -0.4 is 10.1 Å². The molecular weight excluding hydrogens is 295 g/mol. The lowest BCUT2D eigenvalue weighted by atomic mass is 10.2. The summed E-state index contributed by atoms with van der Waals surface area (Å²) in [5, 5.41) is 4.09. The van der Waals surface area contributed by atoms with Crippen LogP contribution in [-0.4, -0.2) is 12.0 Å². The first-order valence-electron chi connectivity index (χ1n) is 6.39. The highest BCUT2D eigenvalue weighted by Gasteiger charge is 2.06. The second kappa shape index (κ2) is 6.93. The summed E-state index contributed by atoms with van der Waals surface area (Å²) >= 11 is 11.9. The van der Waals surface area contributed by atoms with E-state index in [9.17, 15) is 0 Å². The highest BCUT2D eigenvalue weighted by atomic mass is 35.5. The predicted molar refractivity (Wildman–Crippen MR) is 82.9 cm³/mol. The number of hydrogen-bond acceptors (Lipinski definition) is 3. The maximum atomic E-state index is 5.98. The molecule has 20 heavy (non-hydrogen) atoms. The SMILES string of the molecule is CCc1cc(CNC)cc(Oc2ccc(Cl)c(Cl)c2)n1. The number of ether oxygens (including phenoxy) is 1. The molecule has 5 heteroatoms. The van der Waals surface area contributed by atoms with Crippen LogP contribution in [0.4, 0.5) is 0 Å². The Hall–Kier alpha value is -1.29. The van der Waals surface area contributed by atoms with Gasteiger partial charge in [0, 0.05) is 24.4 Å². The number of halogens is 2. The van der Waals surface area contributed by atoms with Crippen LogP contribution in [0.2, 0.25) is 10.0 Å². The Bertz CT molecular complexity index is 602. The third-order valence-corrected chi connectivity index (χ3v) is 3.51. The van der Waals surface area contributed by atoms with E-state index < -0.39 is 0 Å². The van der Waals surface area contributed by atoms with Gasteiger partial charge in [-0.1, -0.05) is 30.1 Å². The molecule has 0 aliphatic heterocycles. The molecule has 0 spiro atoms. The summed E-state index contributed by atoms with van der Waals surface area (Å²) in [6.45, 7) is 2.84. The van der Waals surface area contributed by atoms with Gasteiger partial charge in [0.25, 0.3) is 0 Å². The molecule has 2 rings (SSSR count). The smallest absolute Gasteiger partial charge is 0.219 e. The summed E-state index contributed by atoms with van der Waals surface area (Å²) in [6, 6.07) is 9.14. The van der Waals surface area contributed by atoms with E-state index in [-0.39, 0.29) is 0 Å². The number of hydrogen-bond donors (Lipinski definition) is 1. The van der Waals surface area contributed by atoms with Gasteiger partial charge in [-0.3, -0.25) is 0 Å². The van der Waals surface area contributed by atoms with Crippen LogP contribution in [0.25, 0.3) is 0 Å². The van der Waals surface area contributed by atoms with E-state index in [1.165, 1.54) is 0 Å². The van der Waals surface area contributed by atoms with Gasteiger partial charge in [0.2, 0.25) is 5.88 Å². The quantitative estimate of drug-likeness (QED) is 0.885. The second-order valence-corrected chi connectivity index (χ2v) is 5.18. The van der Waals surface area contributed by atoms with Gasteiger partial charge in [-0.15, -0.1) is 0 Å². The van der Waals surface area contributed by atoms with E-state index in [2.05, 4.69) is 23.3 Å². The minimum atomic E-state index is 0.464. The van der Waals surface area contributed by atoms with E-state index in [1.54, 1.807) is 18.2 Å². The normalized spacial score (nSPS) is 10.6. The zero-order valence-corrected chi connectivity index (χ0v) is 12.9. The fourth-order valence-electron chi connectivity index (χ4n) is 1.82. The molecule has 1 aromatic heterocycles. The van der Waals surface area contributed by atoms with Crippen LogP contribution in [-0.2, 0) is 13.0 Å². The lowest BCUT2D eigenvalue weighted by Gasteiger charge is -2.10. The summed E-state index contributed by atoms with van der Waals surface area (Å²) in [5.74, 6) is 1.18. The average molecular weight is 311 g/mol. The summed E-state index contributed by atoms with van der Waals surface area (Å²) in [6.07, 6.45) is 0.856. The highest BCUT2D eigenvalue weighted by Crippen LogP contribution is 2.29. The number of pyridine rings is 1. The van der Waals surface area contributed by atoms with Crippen molar-refractivity contribution in [2.24, 2.45) is 0 Å². The third-order valence-electron chi connectivity index (χ3n) is 2.77. The summed E-state index contributed by atoms with van der Waals surface area (Å²) in [7, 11) is 1.91. The number of aryl methyl sites for hydroxylation is 1. The van der Waals surface area contributed by atoms with E-state index >= 15 is 0 Å². The van der Waals surface area contributed by atoms with Crippen molar-refractivity contribution < 1.29 is 4.74 Å². The molecule has 106 valence electrons. The first kappa shape index (κ1) is 15.1. The fourth-order valence-corrected chi connectivity index (χ4v) is 2.11. The molecular formula is C15H16Cl2N2O. The highest BCUT2D eigenvalue weighted by molar-refractivity contribution is 6.42. The number of rotatable bonds is 5. The molecule has 1 heterocycles. The number of aromatic nitrogens is 1. The molecule has 0 unspecified atom stereocenters. The van der Waals surface area contributed by atoms with Crippen LogP contribution >= 0.6 is 23.2 Å². The molecule has 0 fully saturated rings. The van der Waals surface area contributed by atoms with Crippen molar-refractivity contribution in [3.8, 4) is 11.6 Å². The molecule has 0 saturated heterocycles. The summed E-state index contributed by atoms with van der Waals surface area (Å²) in [5.41, 5.74) is 2.13. The number of nitrogens with one attached hydrogen (secondary N) is 1. The van der Waals surface area contributed by atoms with Crippen LogP contribution in [0.5, 0.6) is 11.6 Å². The van der Waals surface area contributed by atoms with Crippen LogP contribution in [0.1, 0.15) is 18.2 Å². The van der Waals surface area contributed by atoms with Gasteiger partial charge in [-0.25, -0.2) is 4.98 Å². The van der Waals surface area contributed by atoms with Crippen molar-refractivity contribution in [3.05, 3.63) is 51.6 Å². The van der Waals surface area contributed by atoms with Gasteiger partial charge in [0.15, 0.2) is 0 Å². The Morgan fingerprint density at radius 1 is 1.15 bits per heavy atom. The molecule has 0 bridgehead atoms. The Morgan fingerprint density at radius 3 is 2.60 bits per heavy atom. The van der Waals surface area contributed by atoms with Crippen molar-refractivity contribution in [2.75, 3.05) is 7.05 Å². The van der Waals surface area contributed by atoms with Gasteiger partial charge in [0.05, 0.1) is 10.0 Å². The van der Waals surface area contributed by atoms with Crippen LogP contribution in [0.15, 0.2) is 30.3 Å². The molecule has 0 radical (unpaired) electrons. The fraction of sp³-hybridized carbons (Fsp3) is 0.267. The van der Waals surface area contributed by atoms with E-state index in [1.807, 2.05) is 13.1 Å². The Labute approximate surface area is 128 Å². The second-order valence-electron chi connectivity index (χ2n) is 4.37. The van der Waals surface area contributed by atoms with E-state index in [0.717, 1.165) is 24.2 Å². The van der Waals surface area contributed by atoms with Gasteiger partial charge in [-0.05, 0) is 37.2 Å². The monoisotopic (exact) mass is 310 g/mol. The van der Waals surface area contributed by atoms with E-state index in [0.29, 0.717) is 21.7 Å². The molecule has 0 saturated carbocycles. The summed E-state index contributed by atoms with van der Waals surface area (Å²) < 4.78 is 5.76. The first-order valence-corrected chi connectivity index (χ1v) is 7.15. The largest absolute Gasteiger partial charge is 0.439 e. The molecule has 0 atom stereocenters. The van der Waals surface area contributed by atoms with Crippen LogP contribution in [0.3, 0.4) is 0 Å². The Balaban J connectivity index is 2.27.